The first-order chi connectivity index (χ1) is 9.80. The van der Waals surface area contributed by atoms with Crippen LogP contribution in [0.25, 0.3) is 11.1 Å². The number of alkyl halides is 3. The molecule has 0 aliphatic carbocycles. The lowest BCUT2D eigenvalue weighted by Crippen LogP contribution is -2.17. The lowest BCUT2D eigenvalue weighted by molar-refractivity contribution is -0.274. The Morgan fingerprint density at radius 3 is 2.43 bits per heavy atom. The van der Waals surface area contributed by atoms with Crippen molar-refractivity contribution in [3.05, 3.63) is 51.5 Å². The lowest BCUT2D eigenvalue weighted by atomic mass is 9.99. The van der Waals surface area contributed by atoms with Gasteiger partial charge in [-0.1, -0.05) is 33.6 Å². The maximum Gasteiger partial charge on any atom is 0.573 e. The number of benzene rings is 2. The Hall–Kier alpha value is -1.24. The van der Waals surface area contributed by atoms with Gasteiger partial charge in [0, 0.05) is 15.1 Å². The van der Waals surface area contributed by atoms with Crippen molar-refractivity contribution in [3.8, 4) is 16.9 Å². The van der Waals surface area contributed by atoms with Gasteiger partial charge in [0.1, 0.15) is 5.75 Å². The third kappa shape index (κ3) is 4.12. The SMILES string of the molecule is OCc1ccc(OC(F)(F)F)cc1-c1cc(Br)ccc1Cl. The Balaban J connectivity index is 2.55. The molecule has 2 rings (SSSR count). The summed E-state index contributed by atoms with van der Waals surface area (Å²) in [6.07, 6.45) is -4.78. The Morgan fingerprint density at radius 1 is 1.10 bits per heavy atom. The highest BCUT2D eigenvalue weighted by Crippen LogP contribution is 2.36. The van der Waals surface area contributed by atoms with E-state index in [1.807, 2.05) is 0 Å². The molecule has 0 radical (unpaired) electrons. The molecule has 0 aliphatic heterocycles. The normalized spacial score (nSPS) is 11.5. The van der Waals surface area contributed by atoms with Crippen LogP contribution in [0.5, 0.6) is 5.75 Å². The van der Waals surface area contributed by atoms with Gasteiger partial charge < -0.3 is 9.84 Å². The summed E-state index contributed by atoms with van der Waals surface area (Å²) in [5, 5.41) is 9.70. The molecule has 2 nitrogen and oxygen atoms in total. The van der Waals surface area contributed by atoms with E-state index < -0.39 is 6.36 Å². The van der Waals surface area contributed by atoms with Crippen LogP contribution in [0, 0.1) is 0 Å². The first-order valence-corrected chi connectivity index (χ1v) is 6.92. The van der Waals surface area contributed by atoms with Crippen LogP contribution < -0.4 is 4.74 Å². The second-order valence-corrected chi connectivity index (χ2v) is 5.47. The molecule has 2 aromatic rings. The van der Waals surface area contributed by atoms with Crippen molar-refractivity contribution in [2.45, 2.75) is 13.0 Å². The Bertz CT molecular complexity index is 659. The predicted octanol–water partition coefficient (Wildman–Crippen LogP) is 5.16. The maximum absolute atomic E-state index is 12.3. The second-order valence-electron chi connectivity index (χ2n) is 4.15. The number of aliphatic hydroxyl groups excluding tert-OH is 1. The van der Waals surface area contributed by atoms with Gasteiger partial charge in [-0.3, -0.25) is 0 Å². The van der Waals surface area contributed by atoms with Gasteiger partial charge >= 0.3 is 6.36 Å². The highest BCUT2D eigenvalue weighted by Gasteiger charge is 2.31. The van der Waals surface area contributed by atoms with Crippen LogP contribution in [0.4, 0.5) is 13.2 Å². The van der Waals surface area contributed by atoms with Gasteiger partial charge in [-0.15, -0.1) is 13.2 Å². The Morgan fingerprint density at radius 2 is 1.81 bits per heavy atom. The molecular formula is C14H9BrClF3O2. The van der Waals surface area contributed by atoms with Crippen molar-refractivity contribution < 1.29 is 23.0 Å². The van der Waals surface area contributed by atoms with E-state index in [1.54, 1.807) is 18.2 Å². The van der Waals surface area contributed by atoms with Gasteiger partial charge in [0.25, 0.3) is 0 Å². The van der Waals surface area contributed by atoms with Gasteiger partial charge in [-0.05, 0) is 41.5 Å². The molecule has 0 unspecified atom stereocenters. The van der Waals surface area contributed by atoms with Crippen molar-refractivity contribution in [2.24, 2.45) is 0 Å². The minimum atomic E-state index is -4.78. The molecule has 1 N–H and O–H groups in total. The van der Waals surface area contributed by atoms with E-state index in [9.17, 15) is 18.3 Å². The van der Waals surface area contributed by atoms with E-state index in [-0.39, 0.29) is 12.4 Å². The minimum Gasteiger partial charge on any atom is -0.406 e. The van der Waals surface area contributed by atoms with E-state index in [0.717, 1.165) is 6.07 Å². The molecular weight excluding hydrogens is 373 g/mol. The standard InChI is InChI=1S/C14H9BrClF3O2/c15-9-2-4-13(16)12(5-9)11-6-10(21-14(17,18)19)3-1-8(11)7-20/h1-6,20H,7H2. The summed E-state index contributed by atoms with van der Waals surface area (Å²) in [5.74, 6) is -0.370. The quantitative estimate of drug-likeness (QED) is 0.796. The van der Waals surface area contributed by atoms with Crippen molar-refractivity contribution >= 4 is 27.5 Å². The van der Waals surface area contributed by atoms with Crippen LogP contribution in [-0.2, 0) is 6.61 Å². The zero-order chi connectivity index (χ0) is 15.6. The second kappa shape index (κ2) is 6.25. The average Bonchev–Trinajstić information content (AvgIpc) is 2.39. The molecule has 21 heavy (non-hydrogen) atoms. The number of aliphatic hydroxyl groups is 1. The predicted molar refractivity (Wildman–Crippen MR) is 77.2 cm³/mol. The summed E-state index contributed by atoms with van der Waals surface area (Å²) < 4.78 is 41.5. The monoisotopic (exact) mass is 380 g/mol. The Kier molecular flexibility index (Phi) is 4.81. The van der Waals surface area contributed by atoms with Gasteiger partial charge in [0.2, 0.25) is 0 Å². The van der Waals surface area contributed by atoms with Crippen LogP contribution in [0.2, 0.25) is 5.02 Å². The summed E-state index contributed by atoms with van der Waals surface area (Å²) >= 11 is 9.35. The molecule has 0 heterocycles. The lowest BCUT2D eigenvalue weighted by Gasteiger charge is -2.14. The molecule has 0 aromatic heterocycles. The average molecular weight is 382 g/mol. The van der Waals surface area contributed by atoms with E-state index in [0.29, 0.717) is 26.2 Å². The third-order valence-corrected chi connectivity index (χ3v) is 3.53. The Labute approximate surface area is 132 Å². The first kappa shape index (κ1) is 16.1. The fourth-order valence-corrected chi connectivity index (χ4v) is 2.43. The minimum absolute atomic E-state index is 0.329. The molecule has 7 heteroatoms. The van der Waals surface area contributed by atoms with Crippen molar-refractivity contribution in [2.75, 3.05) is 0 Å². The van der Waals surface area contributed by atoms with Gasteiger partial charge in [0.05, 0.1) is 6.61 Å². The molecule has 0 saturated heterocycles. The third-order valence-electron chi connectivity index (χ3n) is 2.70. The number of halogens is 5. The molecule has 0 bridgehead atoms. The van der Waals surface area contributed by atoms with Gasteiger partial charge in [0.15, 0.2) is 0 Å². The molecule has 2 aromatic carbocycles. The highest BCUT2D eigenvalue weighted by atomic mass is 79.9. The van der Waals surface area contributed by atoms with Crippen molar-refractivity contribution in [1.29, 1.82) is 0 Å². The molecule has 112 valence electrons. The molecule has 0 fully saturated rings. The van der Waals surface area contributed by atoms with Crippen LogP contribution in [0.3, 0.4) is 0 Å². The van der Waals surface area contributed by atoms with Crippen LogP contribution >= 0.6 is 27.5 Å². The summed E-state index contributed by atoms with van der Waals surface area (Å²) in [6.45, 7) is -0.329. The van der Waals surface area contributed by atoms with Gasteiger partial charge in [-0.2, -0.15) is 0 Å². The maximum atomic E-state index is 12.3. The molecule has 0 amide bonds. The van der Waals surface area contributed by atoms with E-state index in [4.69, 9.17) is 11.6 Å². The summed E-state index contributed by atoms with van der Waals surface area (Å²) in [6, 6.07) is 8.70. The topological polar surface area (TPSA) is 29.5 Å². The zero-order valence-electron chi connectivity index (χ0n) is 10.4. The number of hydrogen-bond acceptors (Lipinski definition) is 2. The fourth-order valence-electron chi connectivity index (χ4n) is 1.85. The fraction of sp³-hybridized carbons (Fsp3) is 0.143. The molecule has 0 saturated carbocycles. The van der Waals surface area contributed by atoms with Crippen LogP contribution in [-0.4, -0.2) is 11.5 Å². The summed E-state index contributed by atoms with van der Waals surface area (Å²) in [5.41, 5.74) is 1.33. The number of ether oxygens (including phenoxy) is 1. The number of hydrogen-bond donors (Lipinski definition) is 1. The molecule has 0 atom stereocenters. The largest absolute Gasteiger partial charge is 0.573 e. The molecule has 0 aliphatic rings. The zero-order valence-corrected chi connectivity index (χ0v) is 12.8. The number of rotatable bonds is 3. The van der Waals surface area contributed by atoms with Crippen LogP contribution in [0.15, 0.2) is 40.9 Å². The smallest absolute Gasteiger partial charge is 0.406 e. The van der Waals surface area contributed by atoms with E-state index in [1.165, 1.54) is 12.1 Å². The first-order valence-electron chi connectivity index (χ1n) is 5.75. The van der Waals surface area contributed by atoms with E-state index >= 15 is 0 Å². The van der Waals surface area contributed by atoms with Gasteiger partial charge in [-0.25, -0.2) is 0 Å². The summed E-state index contributed by atoms with van der Waals surface area (Å²) in [7, 11) is 0. The van der Waals surface area contributed by atoms with Crippen LogP contribution in [0.1, 0.15) is 5.56 Å². The van der Waals surface area contributed by atoms with E-state index in [2.05, 4.69) is 20.7 Å². The molecule has 0 spiro atoms. The highest BCUT2D eigenvalue weighted by molar-refractivity contribution is 9.10. The summed E-state index contributed by atoms with van der Waals surface area (Å²) in [4.78, 5) is 0. The van der Waals surface area contributed by atoms with Crippen molar-refractivity contribution in [3.63, 3.8) is 0 Å². The van der Waals surface area contributed by atoms with Crippen molar-refractivity contribution in [1.82, 2.24) is 0 Å².